The molecule has 0 radical (unpaired) electrons. The third kappa shape index (κ3) is 3.94. The number of benzene rings is 2. The smallest absolute Gasteiger partial charge is 0.335 e. The molecule has 2 aliphatic rings. The number of likely N-dealkylation sites (N-methyl/N-ethyl adjacent to an activating group) is 1. The molecule has 0 aromatic heterocycles. The zero-order valence-electron chi connectivity index (χ0n) is 20.7. The number of hydrogen-bond donors (Lipinski definition) is 1. The maximum atomic E-state index is 13.3. The van der Waals surface area contributed by atoms with Crippen LogP contribution in [0.1, 0.15) is 56.9 Å². The molecule has 0 spiro atoms. The molecule has 34 heavy (non-hydrogen) atoms. The van der Waals surface area contributed by atoms with Gasteiger partial charge in [-0.05, 0) is 93.6 Å². The molecule has 6 nitrogen and oxygen atoms in total. The summed E-state index contributed by atoms with van der Waals surface area (Å²) in [5.41, 5.74) is 6.44. The Morgan fingerprint density at radius 1 is 1.00 bits per heavy atom. The van der Waals surface area contributed by atoms with E-state index in [4.69, 9.17) is 0 Å². The Morgan fingerprint density at radius 2 is 1.68 bits per heavy atom. The molecule has 0 unspecified atom stereocenters. The SMILES string of the molecule is CCc1ccc(N2C(=O)NC(=O)/C(=C\c3cc4c(cc3C)N(CC)C(C)(C)C=C4C)C2=O)cc1. The van der Waals surface area contributed by atoms with E-state index in [1.807, 2.05) is 32.0 Å². The van der Waals surface area contributed by atoms with Gasteiger partial charge < -0.3 is 4.90 Å². The fourth-order valence-electron chi connectivity index (χ4n) is 4.91. The normalized spacial score (nSPS) is 18.7. The number of anilines is 2. The number of nitrogens with one attached hydrogen (secondary N) is 1. The summed E-state index contributed by atoms with van der Waals surface area (Å²) in [6.07, 6.45) is 4.68. The minimum atomic E-state index is -0.738. The van der Waals surface area contributed by atoms with E-state index >= 15 is 0 Å². The number of imide groups is 2. The van der Waals surface area contributed by atoms with Crippen molar-refractivity contribution < 1.29 is 14.4 Å². The first-order valence-corrected chi connectivity index (χ1v) is 11.7. The van der Waals surface area contributed by atoms with Gasteiger partial charge in [0, 0.05) is 17.8 Å². The Balaban J connectivity index is 1.77. The average molecular weight is 458 g/mol. The predicted molar refractivity (Wildman–Crippen MR) is 137 cm³/mol. The number of fused-ring (bicyclic) bond motifs is 1. The Bertz CT molecular complexity index is 1250. The number of amides is 4. The largest absolute Gasteiger partial charge is 0.363 e. The first-order chi connectivity index (χ1) is 16.1. The van der Waals surface area contributed by atoms with Crippen LogP contribution in [0.15, 0.2) is 48.0 Å². The molecule has 1 N–H and O–H groups in total. The molecular formula is C28H31N3O3. The van der Waals surface area contributed by atoms with E-state index in [1.165, 1.54) is 0 Å². The van der Waals surface area contributed by atoms with Gasteiger partial charge >= 0.3 is 6.03 Å². The fraction of sp³-hybridized carbons (Fsp3) is 0.321. The van der Waals surface area contributed by atoms with Gasteiger partial charge in [0.1, 0.15) is 5.57 Å². The molecule has 6 heteroatoms. The fourth-order valence-corrected chi connectivity index (χ4v) is 4.91. The van der Waals surface area contributed by atoms with Gasteiger partial charge in [-0.1, -0.05) is 25.1 Å². The standard InChI is InChI=1S/C28H31N3O3/c1-7-19-9-11-21(12-10-19)31-26(33)23(25(32)29-27(31)34)15-20-14-22-18(4)16-28(5,6)30(8-2)24(22)13-17(20)3/h9-16H,7-8H2,1-6H3,(H,29,32,34)/b23-15+. The van der Waals surface area contributed by atoms with Crippen molar-refractivity contribution in [3.8, 4) is 0 Å². The number of aryl methyl sites for hydroxylation is 2. The molecule has 2 aliphatic heterocycles. The van der Waals surface area contributed by atoms with Gasteiger partial charge in [0.05, 0.1) is 11.2 Å². The lowest BCUT2D eigenvalue weighted by Crippen LogP contribution is -2.54. The summed E-state index contributed by atoms with van der Waals surface area (Å²) in [5, 5.41) is 2.31. The van der Waals surface area contributed by atoms with E-state index in [1.54, 1.807) is 18.2 Å². The highest BCUT2D eigenvalue weighted by atomic mass is 16.2. The summed E-state index contributed by atoms with van der Waals surface area (Å²) in [5.74, 6) is -1.31. The number of urea groups is 1. The second-order valence-corrected chi connectivity index (χ2v) is 9.43. The molecule has 2 heterocycles. The Morgan fingerprint density at radius 3 is 2.29 bits per heavy atom. The molecular weight excluding hydrogens is 426 g/mol. The maximum Gasteiger partial charge on any atom is 0.335 e. The molecule has 0 bridgehead atoms. The summed E-state index contributed by atoms with van der Waals surface area (Å²) in [4.78, 5) is 41.9. The second kappa shape index (κ2) is 8.60. The summed E-state index contributed by atoms with van der Waals surface area (Å²) >= 11 is 0. The van der Waals surface area contributed by atoms with Crippen molar-refractivity contribution in [1.82, 2.24) is 5.32 Å². The summed E-state index contributed by atoms with van der Waals surface area (Å²) in [6.45, 7) is 13.5. The first-order valence-electron chi connectivity index (χ1n) is 11.7. The number of carbonyl (C=O) groups excluding carboxylic acids is 3. The van der Waals surface area contributed by atoms with Gasteiger partial charge in [-0.15, -0.1) is 0 Å². The number of carbonyl (C=O) groups is 3. The highest BCUT2D eigenvalue weighted by Gasteiger charge is 2.37. The van der Waals surface area contributed by atoms with Crippen LogP contribution in [-0.2, 0) is 16.0 Å². The summed E-state index contributed by atoms with van der Waals surface area (Å²) in [6, 6.07) is 10.6. The van der Waals surface area contributed by atoms with Crippen molar-refractivity contribution in [1.29, 1.82) is 0 Å². The summed E-state index contributed by atoms with van der Waals surface area (Å²) in [7, 11) is 0. The van der Waals surface area contributed by atoms with Crippen LogP contribution in [0.25, 0.3) is 11.6 Å². The van der Waals surface area contributed by atoms with E-state index in [-0.39, 0.29) is 11.1 Å². The quantitative estimate of drug-likeness (QED) is 0.503. The lowest BCUT2D eigenvalue weighted by Gasteiger charge is -2.43. The molecule has 4 amide bonds. The number of allylic oxidation sites excluding steroid dienone is 1. The predicted octanol–water partition coefficient (Wildman–Crippen LogP) is 5.25. The van der Waals surface area contributed by atoms with Gasteiger partial charge in [-0.2, -0.15) is 0 Å². The molecule has 4 rings (SSSR count). The van der Waals surface area contributed by atoms with Crippen molar-refractivity contribution in [2.24, 2.45) is 0 Å². The van der Waals surface area contributed by atoms with Crippen LogP contribution >= 0.6 is 0 Å². The van der Waals surface area contributed by atoms with Crippen molar-refractivity contribution in [3.05, 3.63) is 70.3 Å². The van der Waals surface area contributed by atoms with Gasteiger partial charge in [-0.25, -0.2) is 9.69 Å². The third-order valence-electron chi connectivity index (χ3n) is 6.69. The molecule has 2 aromatic carbocycles. The van der Waals surface area contributed by atoms with E-state index in [9.17, 15) is 14.4 Å². The zero-order chi connectivity index (χ0) is 24.8. The monoisotopic (exact) mass is 457 g/mol. The molecule has 1 fully saturated rings. The minimum Gasteiger partial charge on any atom is -0.363 e. The lowest BCUT2D eigenvalue weighted by atomic mass is 9.86. The van der Waals surface area contributed by atoms with Crippen molar-refractivity contribution in [3.63, 3.8) is 0 Å². The zero-order valence-corrected chi connectivity index (χ0v) is 20.7. The van der Waals surface area contributed by atoms with Crippen LogP contribution in [0.4, 0.5) is 16.2 Å². The van der Waals surface area contributed by atoms with Crippen LogP contribution in [0.5, 0.6) is 0 Å². The van der Waals surface area contributed by atoms with Crippen LogP contribution in [0.3, 0.4) is 0 Å². The molecule has 0 aliphatic carbocycles. The number of nitrogens with zero attached hydrogens (tertiary/aromatic N) is 2. The van der Waals surface area contributed by atoms with E-state index in [0.717, 1.165) is 51.4 Å². The highest BCUT2D eigenvalue weighted by molar-refractivity contribution is 6.39. The second-order valence-electron chi connectivity index (χ2n) is 9.43. The maximum absolute atomic E-state index is 13.3. The number of rotatable bonds is 4. The molecule has 2 aromatic rings. The topological polar surface area (TPSA) is 69.7 Å². The molecule has 0 atom stereocenters. The van der Waals surface area contributed by atoms with E-state index < -0.39 is 17.8 Å². The summed E-state index contributed by atoms with van der Waals surface area (Å²) < 4.78 is 0. The van der Waals surface area contributed by atoms with Crippen molar-refractivity contribution in [2.45, 2.75) is 53.5 Å². The van der Waals surface area contributed by atoms with Gasteiger partial charge in [-0.3, -0.25) is 14.9 Å². The van der Waals surface area contributed by atoms with Crippen LogP contribution in [0, 0.1) is 6.92 Å². The van der Waals surface area contributed by atoms with E-state index in [0.29, 0.717) is 5.69 Å². The number of barbiturate groups is 1. The van der Waals surface area contributed by atoms with Crippen molar-refractivity contribution >= 4 is 40.9 Å². The minimum absolute atomic E-state index is 0.0627. The van der Waals surface area contributed by atoms with Crippen molar-refractivity contribution in [2.75, 3.05) is 16.3 Å². The van der Waals surface area contributed by atoms with E-state index in [2.05, 4.69) is 50.1 Å². The van der Waals surface area contributed by atoms with Crippen LogP contribution < -0.4 is 15.1 Å². The lowest BCUT2D eigenvalue weighted by molar-refractivity contribution is -0.122. The van der Waals surface area contributed by atoms with Crippen LogP contribution in [0.2, 0.25) is 0 Å². The van der Waals surface area contributed by atoms with Gasteiger partial charge in [0.2, 0.25) is 0 Å². The molecule has 176 valence electrons. The Hall–Kier alpha value is -3.67. The van der Waals surface area contributed by atoms with Crippen LogP contribution in [-0.4, -0.2) is 29.9 Å². The molecule has 1 saturated heterocycles. The first kappa shape index (κ1) is 23.5. The highest BCUT2D eigenvalue weighted by Crippen LogP contribution is 2.40. The Kier molecular flexibility index (Phi) is 5.94. The Labute approximate surface area is 200 Å². The number of hydrogen-bond acceptors (Lipinski definition) is 4. The van der Waals surface area contributed by atoms with Gasteiger partial charge in [0.15, 0.2) is 0 Å². The molecule has 0 saturated carbocycles. The third-order valence-corrected chi connectivity index (χ3v) is 6.69. The average Bonchev–Trinajstić information content (AvgIpc) is 2.77. The van der Waals surface area contributed by atoms with Gasteiger partial charge in [0.25, 0.3) is 11.8 Å².